The van der Waals surface area contributed by atoms with Crippen LogP contribution in [0.2, 0.25) is 0 Å². The van der Waals surface area contributed by atoms with Crippen molar-refractivity contribution in [3.05, 3.63) is 33.4 Å². The lowest BCUT2D eigenvalue weighted by atomic mass is 9.71. The highest BCUT2D eigenvalue weighted by molar-refractivity contribution is 7.13. The molecule has 2 aliphatic carbocycles. The first-order valence-corrected chi connectivity index (χ1v) is 10.4. The molecule has 0 aliphatic heterocycles. The average Bonchev–Trinajstić information content (AvgIpc) is 3.21. The molecule has 28 heavy (non-hydrogen) atoms. The molecule has 0 saturated heterocycles. The highest BCUT2D eigenvalue weighted by atomic mass is 32.1. The Morgan fingerprint density at radius 1 is 1.18 bits per heavy atom. The second-order valence-corrected chi connectivity index (χ2v) is 8.66. The summed E-state index contributed by atoms with van der Waals surface area (Å²) in [5.41, 5.74) is 6.93. The Kier molecular flexibility index (Phi) is 4.01. The number of aromatic amines is 1. The zero-order valence-corrected chi connectivity index (χ0v) is 15.9. The molecule has 3 aromatic heterocycles. The number of nitrogens with one attached hydrogen (secondary N) is 1. The van der Waals surface area contributed by atoms with Gasteiger partial charge < -0.3 is 10.7 Å². The van der Waals surface area contributed by atoms with E-state index in [0.29, 0.717) is 34.8 Å². The van der Waals surface area contributed by atoms with Crippen LogP contribution in [0.25, 0.3) is 11.0 Å². The largest absolute Gasteiger partial charge is 0.375 e. The van der Waals surface area contributed by atoms with E-state index in [-0.39, 0.29) is 36.3 Å². The lowest BCUT2D eigenvalue weighted by Crippen LogP contribution is -2.28. The van der Waals surface area contributed by atoms with Crippen LogP contribution >= 0.6 is 11.3 Å². The minimum atomic E-state index is -2.61. The Balaban J connectivity index is 1.49. The van der Waals surface area contributed by atoms with Gasteiger partial charge in [0.2, 0.25) is 5.92 Å². The van der Waals surface area contributed by atoms with Crippen LogP contribution in [0.15, 0.2) is 16.4 Å². The van der Waals surface area contributed by atoms with Crippen molar-refractivity contribution in [1.82, 2.24) is 24.7 Å². The maximum Gasteiger partial charge on any atom is 0.262 e. The third kappa shape index (κ3) is 2.90. The number of hydrogen-bond acceptors (Lipinski definition) is 6. The highest BCUT2D eigenvalue weighted by Crippen LogP contribution is 2.48. The summed E-state index contributed by atoms with van der Waals surface area (Å²) >= 11 is 1.41. The molecule has 3 N–H and O–H groups in total. The molecule has 10 heteroatoms. The predicted octanol–water partition coefficient (Wildman–Crippen LogP) is 3.57. The van der Waals surface area contributed by atoms with Gasteiger partial charge in [0.05, 0.1) is 17.9 Å². The number of rotatable bonds is 3. The number of anilines is 1. The molecule has 0 bridgehead atoms. The third-order valence-corrected chi connectivity index (χ3v) is 6.75. The second kappa shape index (κ2) is 6.33. The van der Waals surface area contributed by atoms with Gasteiger partial charge in [0.25, 0.3) is 5.56 Å². The number of nitrogens with two attached hydrogens (primary N) is 1. The number of alkyl halides is 2. The molecule has 7 nitrogen and oxygen atoms in total. The molecule has 2 atom stereocenters. The number of aromatic nitrogens is 5. The fraction of sp³-hybridized carbons (Fsp3) is 0.556. The summed E-state index contributed by atoms with van der Waals surface area (Å²) in [7, 11) is 0. The van der Waals surface area contributed by atoms with Crippen molar-refractivity contribution < 1.29 is 8.78 Å². The molecular formula is C18H20F2N6OS. The van der Waals surface area contributed by atoms with Crippen LogP contribution in [0.4, 0.5) is 13.9 Å². The summed E-state index contributed by atoms with van der Waals surface area (Å²) in [6.07, 6.45) is 3.69. The molecule has 3 heterocycles. The van der Waals surface area contributed by atoms with Gasteiger partial charge in [-0.25, -0.2) is 23.4 Å². The maximum absolute atomic E-state index is 13.5. The van der Waals surface area contributed by atoms with Gasteiger partial charge in [-0.15, -0.1) is 11.3 Å². The van der Waals surface area contributed by atoms with Crippen LogP contribution in [-0.4, -0.2) is 30.7 Å². The van der Waals surface area contributed by atoms with Crippen molar-refractivity contribution in [2.45, 2.75) is 62.3 Å². The van der Waals surface area contributed by atoms with E-state index in [4.69, 9.17) is 10.7 Å². The van der Waals surface area contributed by atoms with Gasteiger partial charge in [-0.05, 0) is 25.7 Å². The van der Waals surface area contributed by atoms with Crippen LogP contribution in [0, 0.1) is 0 Å². The second-order valence-electron chi connectivity index (χ2n) is 7.77. The van der Waals surface area contributed by atoms with Gasteiger partial charge in [-0.3, -0.25) is 4.79 Å². The van der Waals surface area contributed by atoms with E-state index in [2.05, 4.69) is 15.1 Å². The Hall–Kier alpha value is -2.36. The first-order valence-electron chi connectivity index (χ1n) is 9.47. The van der Waals surface area contributed by atoms with Gasteiger partial charge >= 0.3 is 0 Å². The summed E-state index contributed by atoms with van der Waals surface area (Å²) < 4.78 is 28.7. The monoisotopic (exact) mass is 406 g/mol. The Morgan fingerprint density at radius 2 is 1.93 bits per heavy atom. The van der Waals surface area contributed by atoms with Crippen molar-refractivity contribution in [3.8, 4) is 0 Å². The van der Waals surface area contributed by atoms with Crippen LogP contribution < -0.4 is 11.3 Å². The van der Waals surface area contributed by atoms with Crippen molar-refractivity contribution in [2.24, 2.45) is 0 Å². The van der Waals surface area contributed by atoms with E-state index in [9.17, 15) is 13.6 Å². The van der Waals surface area contributed by atoms with Crippen LogP contribution in [0.1, 0.15) is 67.9 Å². The Labute approximate surface area is 163 Å². The van der Waals surface area contributed by atoms with Crippen molar-refractivity contribution >= 4 is 27.5 Å². The summed E-state index contributed by atoms with van der Waals surface area (Å²) in [6, 6.07) is -0.158. The Morgan fingerprint density at radius 3 is 2.57 bits per heavy atom. The van der Waals surface area contributed by atoms with Gasteiger partial charge in [-0.1, -0.05) is 0 Å². The number of nitrogen functional groups attached to an aromatic ring is 1. The molecule has 0 spiro atoms. The molecule has 1 unspecified atom stereocenters. The molecule has 148 valence electrons. The molecule has 0 amide bonds. The minimum absolute atomic E-state index is 0.0673. The number of halogens is 2. The molecular weight excluding hydrogens is 386 g/mol. The van der Waals surface area contributed by atoms with Crippen LogP contribution in [-0.2, 0) is 0 Å². The van der Waals surface area contributed by atoms with Crippen LogP contribution in [0.3, 0.4) is 0 Å². The summed E-state index contributed by atoms with van der Waals surface area (Å²) in [5.74, 6) is -1.75. The first-order chi connectivity index (χ1) is 13.4. The third-order valence-electron chi connectivity index (χ3n) is 6.06. The zero-order valence-electron chi connectivity index (χ0n) is 15.1. The molecule has 2 aliphatic rings. The maximum atomic E-state index is 13.5. The van der Waals surface area contributed by atoms with Gasteiger partial charge in [0.15, 0.2) is 10.8 Å². The number of H-pyrrole nitrogens is 1. The molecule has 2 fully saturated rings. The van der Waals surface area contributed by atoms with E-state index in [1.807, 2.05) is 5.38 Å². The molecule has 5 rings (SSSR count). The van der Waals surface area contributed by atoms with Gasteiger partial charge in [0, 0.05) is 30.1 Å². The molecule has 2 saturated carbocycles. The zero-order chi connectivity index (χ0) is 19.5. The van der Waals surface area contributed by atoms with Crippen molar-refractivity contribution in [1.29, 1.82) is 0 Å². The highest BCUT2D eigenvalue weighted by Gasteiger charge is 2.38. The van der Waals surface area contributed by atoms with Gasteiger partial charge in [-0.2, -0.15) is 5.10 Å². The first kappa shape index (κ1) is 17.7. The molecule has 3 aromatic rings. The number of thiazole rings is 1. The summed E-state index contributed by atoms with van der Waals surface area (Å²) in [4.78, 5) is 24.6. The van der Waals surface area contributed by atoms with E-state index in [1.165, 1.54) is 17.5 Å². The SMILES string of the molecule is Nc1nc([C@@H]2CCC2c2nc3c(cnn3C3CCC(F)(F)CC3)c(=O)[nH]2)cs1. The number of hydrogen-bond donors (Lipinski definition) is 2. The Bertz CT molecular complexity index is 1080. The quantitative estimate of drug-likeness (QED) is 0.692. The van der Waals surface area contributed by atoms with E-state index < -0.39 is 5.92 Å². The molecule has 0 radical (unpaired) electrons. The topological polar surface area (TPSA) is 102 Å². The predicted molar refractivity (Wildman–Crippen MR) is 102 cm³/mol. The lowest BCUT2D eigenvalue weighted by Gasteiger charge is -2.34. The van der Waals surface area contributed by atoms with Crippen LogP contribution in [0.5, 0.6) is 0 Å². The lowest BCUT2D eigenvalue weighted by molar-refractivity contribution is -0.0446. The molecule has 0 aromatic carbocycles. The van der Waals surface area contributed by atoms with Crippen molar-refractivity contribution in [2.75, 3.05) is 5.73 Å². The minimum Gasteiger partial charge on any atom is -0.375 e. The summed E-state index contributed by atoms with van der Waals surface area (Å²) in [6.45, 7) is 0. The standard InChI is InChI=1S/C18H20F2N6OS/c19-18(20)5-3-9(4-6-18)26-15-12(7-22-26)16(27)25-14(24-15)11-2-1-10(11)13-8-28-17(21)23-13/h7-11H,1-6H2,(H2,21,23)(H,24,25,27)/t10-,11?/m1/s1. The average molecular weight is 406 g/mol. The smallest absolute Gasteiger partial charge is 0.262 e. The van der Waals surface area contributed by atoms with E-state index in [1.54, 1.807) is 4.68 Å². The number of nitrogens with zero attached hydrogens (tertiary/aromatic N) is 4. The van der Waals surface area contributed by atoms with Gasteiger partial charge in [0.1, 0.15) is 11.2 Å². The van der Waals surface area contributed by atoms with E-state index >= 15 is 0 Å². The fourth-order valence-corrected chi connectivity index (χ4v) is 4.94. The fourth-order valence-electron chi connectivity index (χ4n) is 4.32. The van der Waals surface area contributed by atoms with E-state index in [0.717, 1.165) is 18.5 Å². The normalized spacial score (nSPS) is 25.1. The summed E-state index contributed by atoms with van der Waals surface area (Å²) in [5, 5.41) is 7.20. The number of fused-ring (bicyclic) bond motifs is 1. The van der Waals surface area contributed by atoms with Crippen molar-refractivity contribution in [3.63, 3.8) is 0 Å².